The zero-order valence-corrected chi connectivity index (χ0v) is 22.2. The van der Waals surface area contributed by atoms with Crippen molar-refractivity contribution >= 4 is 51.3 Å². The fraction of sp³-hybridized carbons (Fsp3) is 0.129. The maximum atomic E-state index is 12.8. The molecule has 0 radical (unpaired) electrons. The first-order chi connectivity index (χ1) is 19.0. The second kappa shape index (κ2) is 11.9. The van der Waals surface area contributed by atoms with Gasteiger partial charge in [0.2, 0.25) is 5.91 Å². The van der Waals surface area contributed by atoms with E-state index in [9.17, 15) is 14.7 Å². The number of thioether (sulfide) groups is 1. The summed E-state index contributed by atoms with van der Waals surface area (Å²) in [7, 11) is 0. The van der Waals surface area contributed by atoms with Crippen LogP contribution < -0.4 is 5.32 Å². The van der Waals surface area contributed by atoms with Gasteiger partial charge in [-0.3, -0.25) is 4.79 Å². The second-order valence-electron chi connectivity index (χ2n) is 8.80. The summed E-state index contributed by atoms with van der Waals surface area (Å²) >= 11 is 1.21. The number of carbonyl (C=O) groups excluding carboxylic acids is 2. The molecule has 5 rings (SSSR count). The van der Waals surface area contributed by atoms with E-state index in [1.54, 1.807) is 6.92 Å². The van der Waals surface area contributed by atoms with Crippen LogP contribution in [0.1, 0.15) is 18.1 Å². The minimum absolute atomic E-state index is 0.0426. The van der Waals surface area contributed by atoms with Crippen molar-refractivity contribution in [3.63, 3.8) is 0 Å². The number of aromatic nitrogens is 1. The maximum absolute atomic E-state index is 12.8. The molecule has 4 aromatic rings. The smallest absolute Gasteiger partial charge is 0.344 e. The molecule has 3 aromatic carbocycles. The molecule has 1 aliphatic heterocycles. The molecular weight excluding hydrogens is 510 g/mol. The Hall–Kier alpha value is -4.56. The third-order valence-corrected chi connectivity index (χ3v) is 7.13. The minimum atomic E-state index is -0.627. The van der Waals surface area contributed by atoms with Crippen LogP contribution in [0.15, 0.2) is 112 Å². The predicted octanol–water partition coefficient (Wildman–Crippen LogP) is 6.15. The maximum Gasteiger partial charge on any atom is 0.344 e. The van der Waals surface area contributed by atoms with Crippen LogP contribution in [0, 0.1) is 0 Å². The van der Waals surface area contributed by atoms with Gasteiger partial charge in [-0.1, -0.05) is 78.5 Å². The van der Waals surface area contributed by atoms with Crippen LogP contribution in [-0.4, -0.2) is 33.2 Å². The molecule has 0 bridgehead atoms. The van der Waals surface area contributed by atoms with E-state index in [0.717, 1.165) is 22.0 Å². The fourth-order valence-corrected chi connectivity index (χ4v) is 5.31. The Morgan fingerprint density at radius 1 is 1.00 bits per heavy atom. The third-order valence-electron chi connectivity index (χ3n) is 6.11. The van der Waals surface area contributed by atoms with Crippen LogP contribution in [-0.2, 0) is 27.4 Å². The summed E-state index contributed by atoms with van der Waals surface area (Å²) < 4.78 is 7.09. The highest BCUT2D eigenvalue weighted by Gasteiger charge is 2.33. The predicted molar refractivity (Wildman–Crippen MR) is 156 cm³/mol. The van der Waals surface area contributed by atoms with Gasteiger partial charge >= 0.3 is 5.97 Å². The first-order valence-corrected chi connectivity index (χ1v) is 13.4. The molecule has 0 spiro atoms. The highest BCUT2D eigenvalue weighted by Crippen LogP contribution is 2.41. The summed E-state index contributed by atoms with van der Waals surface area (Å²) in [5.74, 6) is -0.915. The minimum Gasteiger partial charge on any atom is -0.506 e. The van der Waals surface area contributed by atoms with Crippen molar-refractivity contribution in [3.8, 4) is 0 Å². The molecule has 7 nitrogen and oxygen atoms in total. The Kier molecular flexibility index (Phi) is 7.94. The fourth-order valence-electron chi connectivity index (χ4n) is 4.28. The van der Waals surface area contributed by atoms with Crippen LogP contribution >= 0.6 is 11.8 Å². The number of para-hydroxylation sites is 2. The zero-order valence-electron chi connectivity index (χ0n) is 21.3. The zero-order chi connectivity index (χ0) is 27.2. The normalized spacial score (nSPS) is 15.3. The molecule has 1 aromatic heterocycles. The van der Waals surface area contributed by atoms with E-state index in [0.29, 0.717) is 22.2 Å². The van der Waals surface area contributed by atoms with E-state index in [2.05, 4.69) is 10.3 Å². The summed E-state index contributed by atoms with van der Waals surface area (Å²) in [4.78, 5) is 30.6. The number of hydrogen-bond acceptors (Lipinski definition) is 6. The molecule has 2 N–H and O–H groups in total. The first-order valence-electron chi connectivity index (χ1n) is 12.6. The highest BCUT2D eigenvalue weighted by molar-refractivity contribution is 8.18. The Balaban J connectivity index is 1.46. The molecule has 196 valence electrons. The Morgan fingerprint density at radius 3 is 2.44 bits per heavy atom. The quantitative estimate of drug-likeness (QED) is 0.263. The van der Waals surface area contributed by atoms with E-state index in [1.807, 2.05) is 102 Å². The van der Waals surface area contributed by atoms with Crippen molar-refractivity contribution < 1.29 is 19.4 Å². The second-order valence-corrected chi connectivity index (χ2v) is 9.83. The molecule has 8 heteroatoms. The molecule has 1 amide bonds. The van der Waals surface area contributed by atoms with Crippen molar-refractivity contribution in [2.24, 2.45) is 4.99 Å². The summed E-state index contributed by atoms with van der Waals surface area (Å²) in [6.45, 7) is 2.48. The highest BCUT2D eigenvalue weighted by atomic mass is 32.2. The monoisotopic (exact) mass is 537 g/mol. The van der Waals surface area contributed by atoms with Gasteiger partial charge in [0.15, 0.2) is 0 Å². The number of amides is 1. The van der Waals surface area contributed by atoms with Crippen LogP contribution in [0.4, 0.5) is 5.69 Å². The van der Waals surface area contributed by atoms with Crippen LogP contribution in [0.3, 0.4) is 0 Å². The lowest BCUT2D eigenvalue weighted by Gasteiger charge is -2.07. The number of nitrogens with zero attached hydrogens (tertiary/aromatic N) is 2. The Morgan fingerprint density at radius 2 is 1.69 bits per heavy atom. The van der Waals surface area contributed by atoms with E-state index in [1.165, 1.54) is 11.8 Å². The number of rotatable bonds is 8. The molecule has 39 heavy (non-hydrogen) atoms. The SMILES string of the molecule is CCOC(=O)C1=C(O)/C(=C/c2cn(CC(=O)NCc3ccccc3)c3ccccc23)SC1=Nc1ccccc1. The van der Waals surface area contributed by atoms with E-state index < -0.39 is 5.97 Å². The lowest BCUT2D eigenvalue weighted by atomic mass is 10.1. The topological polar surface area (TPSA) is 92.9 Å². The Labute approximate surface area is 230 Å². The molecule has 0 fully saturated rings. The lowest BCUT2D eigenvalue weighted by molar-refractivity contribution is -0.138. The molecule has 1 aliphatic rings. The van der Waals surface area contributed by atoms with Crippen molar-refractivity contribution in [3.05, 3.63) is 118 Å². The standard InChI is InChI=1S/C31H27N3O4S/c1-2-38-31(37)28-29(36)26(39-30(28)33-23-13-7-4-8-14-23)17-22-19-34(25-16-10-9-15-24(22)25)20-27(35)32-18-21-11-5-3-6-12-21/h3-17,19,36H,2,18,20H2,1H3,(H,32,35)/b26-17-,33-30?. The van der Waals surface area contributed by atoms with Gasteiger partial charge in [0.05, 0.1) is 17.2 Å². The number of aliphatic imine (C=N–C) groups is 1. The van der Waals surface area contributed by atoms with Gasteiger partial charge in [0.25, 0.3) is 0 Å². The summed E-state index contributed by atoms with van der Waals surface area (Å²) in [6.07, 6.45) is 3.69. The third kappa shape index (κ3) is 5.97. The molecule has 2 heterocycles. The van der Waals surface area contributed by atoms with Crippen molar-refractivity contribution in [2.75, 3.05) is 6.61 Å². The van der Waals surface area contributed by atoms with Crippen LogP contribution in [0.5, 0.6) is 0 Å². The summed E-state index contributed by atoms with van der Waals surface area (Å²) in [5, 5.41) is 15.3. The number of aliphatic hydroxyl groups is 1. The van der Waals surface area contributed by atoms with Gasteiger partial charge in [-0.2, -0.15) is 0 Å². The van der Waals surface area contributed by atoms with Crippen molar-refractivity contribution in [2.45, 2.75) is 20.0 Å². The van der Waals surface area contributed by atoms with E-state index >= 15 is 0 Å². The summed E-state index contributed by atoms with van der Waals surface area (Å²) in [6, 6.07) is 26.8. The molecule has 0 aliphatic carbocycles. The largest absolute Gasteiger partial charge is 0.506 e. The van der Waals surface area contributed by atoms with Crippen LogP contribution in [0.2, 0.25) is 0 Å². The van der Waals surface area contributed by atoms with Gasteiger partial charge in [0, 0.05) is 29.2 Å². The molecule has 0 saturated carbocycles. The molecular formula is C31H27N3O4S. The number of hydrogen-bond donors (Lipinski definition) is 2. The number of esters is 1. The van der Waals surface area contributed by atoms with Gasteiger partial charge in [0.1, 0.15) is 22.9 Å². The molecule has 0 saturated heterocycles. The number of nitrogens with one attached hydrogen (secondary N) is 1. The van der Waals surface area contributed by atoms with Crippen molar-refractivity contribution in [1.29, 1.82) is 0 Å². The average molecular weight is 538 g/mol. The number of aliphatic hydroxyl groups excluding tert-OH is 1. The lowest BCUT2D eigenvalue weighted by Crippen LogP contribution is -2.26. The van der Waals surface area contributed by atoms with E-state index in [4.69, 9.17) is 4.74 Å². The van der Waals surface area contributed by atoms with Gasteiger partial charge in [-0.25, -0.2) is 9.79 Å². The number of benzene rings is 3. The van der Waals surface area contributed by atoms with Gasteiger partial charge in [-0.15, -0.1) is 0 Å². The van der Waals surface area contributed by atoms with Crippen molar-refractivity contribution in [1.82, 2.24) is 9.88 Å². The average Bonchev–Trinajstić information content (AvgIpc) is 3.45. The van der Waals surface area contributed by atoms with Crippen LogP contribution in [0.25, 0.3) is 17.0 Å². The first kappa shape index (κ1) is 26.1. The molecule has 0 unspecified atom stereocenters. The number of carbonyl (C=O) groups is 2. The van der Waals surface area contributed by atoms with E-state index in [-0.39, 0.29) is 30.4 Å². The number of fused-ring (bicyclic) bond motifs is 1. The summed E-state index contributed by atoms with van der Waals surface area (Å²) in [5.41, 5.74) is 3.42. The number of ether oxygens (including phenoxy) is 1. The van der Waals surface area contributed by atoms with Gasteiger partial charge in [-0.05, 0) is 36.8 Å². The van der Waals surface area contributed by atoms with Gasteiger partial charge < -0.3 is 19.7 Å². The molecule has 0 atom stereocenters. The Bertz CT molecular complexity index is 1600.